The monoisotopic (exact) mass is 674 g/mol. The Kier molecular flexibility index (Phi) is 9.48. The van der Waals surface area contributed by atoms with Gasteiger partial charge in [0.15, 0.2) is 0 Å². The second-order valence-corrected chi connectivity index (χ2v) is 17.2. The molecular formula is C37H58N2O9. The number of aliphatic hydroxyl groups is 3. The van der Waals surface area contributed by atoms with Gasteiger partial charge < -0.3 is 35.8 Å². The van der Waals surface area contributed by atoms with E-state index in [1.807, 2.05) is 13.8 Å². The maximum absolute atomic E-state index is 14.6. The van der Waals surface area contributed by atoms with E-state index in [0.717, 1.165) is 19.3 Å². The van der Waals surface area contributed by atoms with Crippen LogP contribution in [-0.2, 0) is 28.7 Å². The molecule has 0 heterocycles. The van der Waals surface area contributed by atoms with Gasteiger partial charge in [0.25, 0.3) is 0 Å². The lowest BCUT2D eigenvalue weighted by atomic mass is 9.33. The number of carbonyl (C=O) groups excluding carboxylic acids is 4. The lowest BCUT2D eigenvalue weighted by molar-refractivity contribution is -0.243. The molecule has 48 heavy (non-hydrogen) atoms. The van der Waals surface area contributed by atoms with Crippen LogP contribution >= 0.6 is 0 Å². The number of rotatable bonds is 8. The fourth-order valence-electron chi connectivity index (χ4n) is 12.0. The maximum atomic E-state index is 14.6. The minimum absolute atomic E-state index is 0.0198. The van der Waals surface area contributed by atoms with Crippen LogP contribution in [0.4, 0.5) is 0 Å². The van der Waals surface area contributed by atoms with Crippen molar-refractivity contribution in [2.24, 2.45) is 56.0 Å². The van der Waals surface area contributed by atoms with Gasteiger partial charge in [-0.25, -0.2) is 4.79 Å². The summed E-state index contributed by atoms with van der Waals surface area (Å²) in [6.45, 7) is 10.5. The van der Waals surface area contributed by atoms with E-state index in [1.54, 1.807) is 0 Å². The summed E-state index contributed by atoms with van der Waals surface area (Å²) in [5.74, 6) is -1.91. The van der Waals surface area contributed by atoms with E-state index < -0.39 is 46.4 Å². The third-order valence-electron chi connectivity index (χ3n) is 15.1. The average Bonchev–Trinajstić information content (AvgIpc) is 3.04. The number of nitrogens with two attached hydrogens (primary N) is 1. The van der Waals surface area contributed by atoms with Crippen molar-refractivity contribution in [2.75, 3.05) is 20.8 Å². The van der Waals surface area contributed by atoms with Crippen LogP contribution in [0.15, 0.2) is 11.6 Å². The fraction of sp³-hybridized carbons (Fsp3) is 0.838. The quantitative estimate of drug-likeness (QED) is 0.191. The number of methoxy groups -OCH3 is 2. The zero-order valence-electron chi connectivity index (χ0n) is 29.9. The molecule has 0 aromatic heterocycles. The molecule has 0 radical (unpaired) electrons. The van der Waals surface area contributed by atoms with Gasteiger partial charge in [0.1, 0.15) is 6.04 Å². The summed E-state index contributed by atoms with van der Waals surface area (Å²) < 4.78 is 10.3. The summed E-state index contributed by atoms with van der Waals surface area (Å²) in [5.41, 5.74) is 3.14. The highest BCUT2D eigenvalue weighted by Gasteiger charge is 2.71. The lowest BCUT2D eigenvalue weighted by Crippen LogP contribution is -2.68. The van der Waals surface area contributed by atoms with E-state index in [4.69, 9.17) is 15.2 Å². The highest BCUT2D eigenvalue weighted by atomic mass is 16.5. The zero-order valence-corrected chi connectivity index (χ0v) is 29.9. The van der Waals surface area contributed by atoms with E-state index in [2.05, 4.69) is 32.2 Å². The topological polar surface area (TPSA) is 185 Å². The largest absolute Gasteiger partial charge is 0.469 e. The summed E-state index contributed by atoms with van der Waals surface area (Å²) in [4.78, 5) is 52.2. The van der Waals surface area contributed by atoms with Crippen molar-refractivity contribution in [3.05, 3.63) is 11.6 Å². The molecule has 12 atom stereocenters. The number of esters is 2. The van der Waals surface area contributed by atoms with Crippen molar-refractivity contribution >= 4 is 23.8 Å². The van der Waals surface area contributed by atoms with Gasteiger partial charge in [-0.2, -0.15) is 0 Å². The molecule has 11 nitrogen and oxygen atoms in total. The Labute approximate surface area is 284 Å². The molecule has 5 aliphatic carbocycles. The molecule has 0 aromatic rings. The van der Waals surface area contributed by atoms with Crippen LogP contribution in [0.25, 0.3) is 0 Å². The van der Waals surface area contributed by atoms with Gasteiger partial charge in [0.05, 0.1) is 43.9 Å². The summed E-state index contributed by atoms with van der Waals surface area (Å²) in [7, 11) is 2.64. The predicted molar refractivity (Wildman–Crippen MR) is 177 cm³/mol. The van der Waals surface area contributed by atoms with Crippen molar-refractivity contribution in [3.63, 3.8) is 0 Å². The summed E-state index contributed by atoms with van der Waals surface area (Å²) in [6.07, 6.45) is 5.71. The third kappa shape index (κ3) is 5.15. The van der Waals surface area contributed by atoms with Crippen molar-refractivity contribution < 1.29 is 44.0 Å². The zero-order chi connectivity index (χ0) is 35.7. The molecule has 0 saturated heterocycles. The Hall–Kier alpha value is -2.50. The molecule has 5 rings (SSSR count). The minimum Gasteiger partial charge on any atom is -0.469 e. The molecule has 3 unspecified atom stereocenters. The summed E-state index contributed by atoms with van der Waals surface area (Å²) in [5, 5.41) is 35.8. The number of hydrogen-bond donors (Lipinski definition) is 5. The number of aliphatic hydroxyl groups excluding tert-OH is 3. The second-order valence-electron chi connectivity index (χ2n) is 17.2. The molecule has 0 aliphatic heterocycles. The molecule has 0 aromatic carbocycles. The average molecular weight is 675 g/mol. The van der Waals surface area contributed by atoms with E-state index in [0.29, 0.717) is 38.5 Å². The first-order chi connectivity index (χ1) is 22.3. The van der Waals surface area contributed by atoms with Crippen LogP contribution in [-0.4, -0.2) is 78.1 Å². The Morgan fingerprint density at radius 1 is 0.958 bits per heavy atom. The number of primary amides is 1. The SMILES string of the molecule is COC(=O)[C@@H](CCC(N)=O)NC(=O)[C@]12CC[C@](C)(C(=O)OC)CC1C1=CCC3[C@@]4(C)C[C@H](O)[C@H](O)[C@@](C)(CO)C4CC[C@@]3(C)[C@]1(C)CC2. The second kappa shape index (κ2) is 12.4. The van der Waals surface area contributed by atoms with Gasteiger partial charge in [0.2, 0.25) is 11.8 Å². The number of ether oxygens (including phenoxy) is 2. The van der Waals surface area contributed by atoms with Gasteiger partial charge in [-0.3, -0.25) is 14.4 Å². The molecule has 0 spiro atoms. The van der Waals surface area contributed by atoms with E-state index in [9.17, 15) is 34.5 Å². The van der Waals surface area contributed by atoms with Gasteiger partial charge in [-0.05, 0) is 105 Å². The van der Waals surface area contributed by atoms with E-state index in [1.165, 1.54) is 19.8 Å². The van der Waals surface area contributed by atoms with Crippen LogP contribution in [0, 0.1) is 50.2 Å². The Bertz CT molecular complexity index is 1370. The molecule has 4 saturated carbocycles. The van der Waals surface area contributed by atoms with Crippen LogP contribution < -0.4 is 11.1 Å². The molecule has 11 heteroatoms. The van der Waals surface area contributed by atoms with Crippen molar-refractivity contribution in [3.8, 4) is 0 Å². The fourth-order valence-corrected chi connectivity index (χ4v) is 12.0. The molecule has 5 aliphatic rings. The standard InChI is InChI=1S/C37H58N2O9/c1-32(31(46)48-7)14-16-37(30(45)39-23(29(44)47-6)9-11-27(38)42)17-15-35(4)21(22(37)18-32)8-10-26-33(2)19-24(41)28(43)34(3,20-40)25(33)12-13-36(26,35)5/h8,22-26,28,40-41,43H,9-20H2,1-7H3,(H2,38,42)(H,39,45)/t22?,23-,24+,25?,26?,28+,32+,33+,34+,35-,36-,37+/m1/s1. The molecule has 270 valence electrons. The Morgan fingerprint density at radius 3 is 2.23 bits per heavy atom. The van der Waals surface area contributed by atoms with Gasteiger partial charge >= 0.3 is 11.9 Å². The van der Waals surface area contributed by atoms with Crippen LogP contribution in [0.3, 0.4) is 0 Å². The molecule has 4 fully saturated rings. The highest BCUT2D eigenvalue weighted by Crippen LogP contribution is 2.75. The van der Waals surface area contributed by atoms with Crippen molar-refractivity contribution in [2.45, 2.75) is 123 Å². The molecule has 2 amide bonds. The Balaban J connectivity index is 1.58. The van der Waals surface area contributed by atoms with Crippen molar-refractivity contribution in [1.29, 1.82) is 0 Å². The van der Waals surface area contributed by atoms with Gasteiger partial charge in [-0.15, -0.1) is 0 Å². The summed E-state index contributed by atoms with van der Waals surface area (Å²) >= 11 is 0. The first kappa shape index (κ1) is 36.8. The minimum atomic E-state index is -1.03. The van der Waals surface area contributed by atoms with Crippen LogP contribution in [0.5, 0.6) is 0 Å². The van der Waals surface area contributed by atoms with E-state index >= 15 is 0 Å². The first-order valence-electron chi connectivity index (χ1n) is 17.8. The number of hydrogen-bond acceptors (Lipinski definition) is 9. The van der Waals surface area contributed by atoms with E-state index in [-0.39, 0.29) is 65.3 Å². The molecule has 6 N–H and O–H groups in total. The van der Waals surface area contributed by atoms with Crippen molar-refractivity contribution in [1.82, 2.24) is 5.32 Å². The molecular weight excluding hydrogens is 616 g/mol. The summed E-state index contributed by atoms with van der Waals surface area (Å²) in [6, 6.07) is -1.03. The molecule has 0 bridgehead atoms. The normalized spacial score (nSPS) is 45.5. The number of allylic oxidation sites excluding steroid dienone is 2. The number of carbonyl (C=O) groups is 4. The van der Waals surface area contributed by atoms with Gasteiger partial charge in [0, 0.05) is 11.8 Å². The number of nitrogens with one attached hydrogen (secondary N) is 1. The van der Waals surface area contributed by atoms with Crippen LogP contribution in [0.2, 0.25) is 0 Å². The Morgan fingerprint density at radius 2 is 1.62 bits per heavy atom. The predicted octanol–water partition coefficient (Wildman–Crippen LogP) is 3.17. The number of amides is 2. The van der Waals surface area contributed by atoms with Crippen LogP contribution in [0.1, 0.15) is 105 Å². The maximum Gasteiger partial charge on any atom is 0.328 e. The lowest BCUT2D eigenvalue weighted by Gasteiger charge is -2.71. The first-order valence-corrected chi connectivity index (χ1v) is 17.8. The smallest absolute Gasteiger partial charge is 0.328 e. The third-order valence-corrected chi connectivity index (χ3v) is 15.1. The number of fused-ring (bicyclic) bond motifs is 7. The van der Waals surface area contributed by atoms with Gasteiger partial charge in [-0.1, -0.05) is 39.3 Å². The highest BCUT2D eigenvalue weighted by molar-refractivity contribution is 5.90.